The van der Waals surface area contributed by atoms with E-state index in [1.54, 1.807) is 12.1 Å². The molecule has 1 atom stereocenters. The number of aryl methyl sites for hydroxylation is 1. The number of nitrogens with zero attached hydrogens (tertiary/aromatic N) is 3. The van der Waals surface area contributed by atoms with Gasteiger partial charge in [-0.05, 0) is 68.1 Å². The fourth-order valence-electron chi connectivity index (χ4n) is 3.86. The van der Waals surface area contributed by atoms with Crippen LogP contribution in [0.15, 0.2) is 66.9 Å². The lowest BCUT2D eigenvalue weighted by Crippen LogP contribution is -2.21. The van der Waals surface area contributed by atoms with Gasteiger partial charge in [0, 0.05) is 18.8 Å². The van der Waals surface area contributed by atoms with Gasteiger partial charge >= 0.3 is 0 Å². The van der Waals surface area contributed by atoms with E-state index in [-0.39, 0.29) is 0 Å². The van der Waals surface area contributed by atoms with Crippen LogP contribution in [0.3, 0.4) is 0 Å². The zero-order chi connectivity index (χ0) is 22.1. The Morgan fingerprint density at radius 2 is 1.87 bits per heavy atom. The van der Waals surface area contributed by atoms with Crippen LogP contribution < -0.4 is 4.74 Å². The molecule has 0 bridgehead atoms. The Hall–Kier alpha value is -3.16. The number of aromatic nitrogens is 1. The van der Waals surface area contributed by atoms with E-state index >= 15 is 0 Å². The van der Waals surface area contributed by atoms with Gasteiger partial charge in [0.2, 0.25) is 5.88 Å². The van der Waals surface area contributed by atoms with Crippen molar-refractivity contribution >= 4 is 0 Å². The first-order valence-corrected chi connectivity index (χ1v) is 11.0. The summed E-state index contributed by atoms with van der Waals surface area (Å²) in [7, 11) is 2.19. The number of pyridine rings is 1. The minimum atomic E-state index is 0.495. The number of hydrogen-bond acceptors (Lipinski definition) is 4. The maximum atomic E-state index is 8.88. The third-order valence-electron chi connectivity index (χ3n) is 5.54. The molecule has 0 aliphatic rings. The van der Waals surface area contributed by atoms with Crippen LogP contribution in [0.2, 0.25) is 0 Å². The van der Waals surface area contributed by atoms with Gasteiger partial charge in [0.05, 0.1) is 5.56 Å². The SMILES string of the molecule is CCCC(CCN(C)Cc1ccc(Oc2ccc(C#N)cn2)c(C)c1)c1ccccc1. The van der Waals surface area contributed by atoms with E-state index in [9.17, 15) is 0 Å². The number of rotatable bonds is 10. The first-order valence-electron chi connectivity index (χ1n) is 11.0. The molecule has 31 heavy (non-hydrogen) atoms. The van der Waals surface area contributed by atoms with Gasteiger partial charge in [-0.25, -0.2) is 4.98 Å². The van der Waals surface area contributed by atoms with Gasteiger partial charge in [-0.2, -0.15) is 5.26 Å². The van der Waals surface area contributed by atoms with E-state index < -0.39 is 0 Å². The van der Waals surface area contributed by atoms with Crippen LogP contribution in [0.4, 0.5) is 0 Å². The summed E-state index contributed by atoms with van der Waals surface area (Å²) < 4.78 is 5.89. The van der Waals surface area contributed by atoms with Gasteiger partial charge in [-0.15, -0.1) is 0 Å². The largest absolute Gasteiger partial charge is 0.439 e. The first-order chi connectivity index (χ1) is 15.1. The Bertz CT molecular complexity index is 993. The molecular formula is C27H31N3O. The molecule has 160 valence electrons. The summed E-state index contributed by atoms with van der Waals surface area (Å²) in [5.41, 5.74) is 4.32. The van der Waals surface area contributed by atoms with Crippen molar-refractivity contribution < 1.29 is 4.74 Å². The molecular weight excluding hydrogens is 382 g/mol. The second kappa shape index (κ2) is 11.3. The molecule has 1 heterocycles. The van der Waals surface area contributed by atoms with Crippen LogP contribution >= 0.6 is 0 Å². The number of nitriles is 1. The molecule has 1 unspecified atom stereocenters. The van der Waals surface area contributed by atoms with Crippen LogP contribution in [-0.2, 0) is 6.54 Å². The van der Waals surface area contributed by atoms with E-state index in [1.165, 1.54) is 36.6 Å². The summed E-state index contributed by atoms with van der Waals surface area (Å²) in [5.74, 6) is 1.90. The lowest BCUT2D eigenvalue weighted by molar-refractivity contribution is 0.307. The molecule has 0 saturated carbocycles. The Kier molecular flexibility index (Phi) is 8.20. The predicted molar refractivity (Wildman–Crippen MR) is 125 cm³/mol. The molecule has 4 heteroatoms. The maximum Gasteiger partial charge on any atom is 0.219 e. The van der Waals surface area contributed by atoms with Crippen molar-refractivity contribution in [2.75, 3.05) is 13.6 Å². The Balaban J connectivity index is 1.56. The summed E-state index contributed by atoms with van der Waals surface area (Å²) in [6.07, 6.45) is 5.12. The van der Waals surface area contributed by atoms with Crippen LogP contribution in [0, 0.1) is 18.3 Å². The molecule has 3 rings (SSSR count). The van der Waals surface area contributed by atoms with Gasteiger partial charge in [0.25, 0.3) is 0 Å². The molecule has 2 aromatic carbocycles. The molecule has 1 aromatic heterocycles. The van der Waals surface area contributed by atoms with E-state index in [1.807, 2.05) is 6.07 Å². The first kappa shape index (κ1) is 22.5. The Morgan fingerprint density at radius 3 is 2.52 bits per heavy atom. The van der Waals surface area contributed by atoms with Gasteiger partial charge < -0.3 is 9.64 Å². The molecule has 4 nitrogen and oxygen atoms in total. The van der Waals surface area contributed by atoms with Crippen molar-refractivity contribution in [1.82, 2.24) is 9.88 Å². The third-order valence-corrected chi connectivity index (χ3v) is 5.54. The molecule has 0 N–H and O–H groups in total. The molecule has 0 fully saturated rings. The average molecular weight is 414 g/mol. The standard InChI is InChI=1S/C27H31N3O/c1-4-8-24(25-9-6-5-7-10-25)15-16-30(3)20-22-11-13-26(21(2)17-22)31-27-14-12-23(18-28)19-29-27/h5-7,9-14,17,19,24H,4,8,15-16,20H2,1-3H3. The third kappa shape index (κ3) is 6.67. The number of hydrogen-bond donors (Lipinski definition) is 0. The van der Waals surface area contributed by atoms with Gasteiger partial charge in [-0.1, -0.05) is 55.8 Å². The number of benzene rings is 2. The number of ether oxygens (including phenoxy) is 1. The average Bonchev–Trinajstić information content (AvgIpc) is 2.79. The monoisotopic (exact) mass is 413 g/mol. The minimum Gasteiger partial charge on any atom is -0.439 e. The molecule has 0 saturated heterocycles. The molecule has 0 aliphatic heterocycles. The van der Waals surface area contributed by atoms with Crippen LogP contribution in [0.25, 0.3) is 0 Å². The van der Waals surface area contributed by atoms with Crippen LogP contribution in [0.5, 0.6) is 11.6 Å². The van der Waals surface area contributed by atoms with E-state index in [4.69, 9.17) is 10.00 Å². The molecule has 0 aliphatic carbocycles. The Morgan fingerprint density at radius 1 is 1.06 bits per heavy atom. The van der Waals surface area contributed by atoms with Crippen molar-refractivity contribution in [2.24, 2.45) is 0 Å². The molecule has 0 amide bonds. The summed E-state index contributed by atoms with van der Waals surface area (Å²) in [6, 6.07) is 22.7. The summed E-state index contributed by atoms with van der Waals surface area (Å²) >= 11 is 0. The molecule has 3 aromatic rings. The van der Waals surface area contributed by atoms with E-state index in [2.05, 4.69) is 79.3 Å². The van der Waals surface area contributed by atoms with Crippen molar-refractivity contribution in [1.29, 1.82) is 5.26 Å². The maximum absolute atomic E-state index is 8.88. The zero-order valence-corrected chi connectivity index (χ0v) is 18.7. The fraction of sp³-hybridized carbons (Fsp3) is 0.333. The van der Waals surface area contributed by atoms with Gasteiger partial charge in [-0.3, -0.25) is 0 Å². The van der Waals surface area contributed by atoms with Crippen molar-refractivity contribution in [2.45, 2.75) is 45.6 Å². The highest BCUT2D eigenvalue weighted by atomic mass is 16.5. The molecule has 0 spiro atoms. The van der Waals surface area contributed by atoms with E-state index in [0.29, 0.717) is 17.4 Å². The second-order valence-electron chi connectivity index (χ2n) is 8.12. The summed E-state index contributed by atoms with van der Waals surface area (Å²) in [5, 5.41) is 8.88. The van der Waals surface area contributed by atoms with E-state index in [0.717, 1.165) is 24.4 Å². The quantitative estimate of drug-likeness (QED) is 0.383. The van der Waals surface area contributed by atoms with Crippen molar-refractivity contribution in [3.8, 4) is 17.7 Å². The highest BCUT2D eigenvalue weighted by Crippen LogP contribution is 2.27. The summed E-state index contributed by atoms with van der Waals surface area (Å²) in [6.45, 7) is 6.28. The smallest absolute Gasteiger partial charge is 0.219 e. The highest BCUT2D eigenvalue weighted by Gasteiger charge is 2.12. The molecule has 0 radical (unpaired) electrons. The van der Waals surface area contributed by atoms with Crippen molar-refractivity contribution in [3.63, 3.8) is 0 Å². The Labute approximate surface area is 186 Å². The van der Waals surface area contributed by atoms with Gasteiger partial charge in [0.1, 0.15) is 11.8 Å². The predicted octanol–water partition coefficient (Wildman–Crippen LogP) is 6.46. The normalized spacial score (nSPS) is 11.8. The lowest BCUT2D eigenvalue weighted by atomic mass is 9.91. The summed E-state index contributed by atoms with van der Waals surface area (Å²) in [4.78, 5) is 6.58. The topological polar surface area (TPSA) is 49.1 Å². The van der Waals surface area contributed by atoms with Crippen LogP contribution in [-0.4, -0.2) is 23.5 Å². The second-order valence-corrected chi connectivity index (χ2v) is 8.12. The van der Waals surface area contributed by atoms with Crippen LogP contribution in [0.1, 0.15) is 54.4 Å². The zero-order valence-electron chi connectivity index (χ0n) is 18.7. The lowest BCUT2D eigenvalue weighted by Gasteiger charge is -2.22. The van der Waals surface area contributed by atoms with Gasteiger partial charge in [0.15, 0.2) is 0 Å². The van der Waals surface area contributed by atoms with Crippen molar-refractivity contribution in [3.05, 3.63) is 89.1 Å². The highest BCUT2D eigenvalue weighted by molar-refractivity contribution is 5.39. The fourth-order valence-corrected chi connectivity index (χ4v) is 3.86. The minimum absolute atomic E-state index is 0.495.